The van der Waals surface area contributed by atoms with Crippen molar-refractivity contribution in [2.45, 2.75) is 0 Å². The largest absolute Gasteiger partial charge is 0.482 e. The Morgan fingerprint density at radius 2 is 2.04 bits per heavy atom. The van der Waals surface area contributed by atoms with Crippen LogP contribution in [0.5, 0.6) is 5.75 Å². The van der Waals surface area contributed by atoms with Crippen LogP contribution < -0.4 is 15.4 Å². The zero-order chi connectivity index (χ0) is 17.5. The van der Waals surface area contributed by atoms with E-state index in [1.54, 1.807) is 36.4 Å². The molecule has 0 saturated carbocycles. The first-order chi connectivity index (χ1) is 11.5. The average Bonchev–Trinajstić information content (AvgIpc) is 2.54. The zero-order valence-electron chi connectivity index (χ0n) is 12.2. The van der Waals surface area contributed by atoms with Crippen molar-refractivity contribution in [2.24, 2.45) is 0 Å². The van der Waals surface area contributed by atoms with Crippen molar-refractivity contribution in [1.82, 2.24) is 5.32 Å². The van der Waals surface area contributed by atoms with Gasteiger partial charge in [-0.1, -0.05) is 29.3 Å². The second-order valence-electron chi connectivity index (χ2n) is 4.56. The number of nitrogens with one attached hydrogen (secondary N) is 2. The smallest absolute Gasteiger partial charge is 0.264 e. The van der Waals surface area contributed by atoms with Gasteiger partial charge in [0.15, 0.2) is 11.7 Å². The summed E-state index contributed by atoms with van der Waals surface area (Å²) in [5, 5.41) is 15.0. The molecule has 2 aromatic rings. The Kier molecular flexibility index (Phi) is 6.38. The molecule has 8 heteroatoms. The molecule has 0 atom stereocenters. The van der Waals surface area contributed by atoms with E-state index in [0.717, 1.165) is 0 Å². The van der Waals surface area contributed by atoms with Crippen molar-refractivity contribution >= 4 is 52.1 Å². The van der Waals surface area contributed by atoms with Crippen molar-refractivity contribution in [2.75, 3.05) is 11.9 Å². The molecule has 0 bridgehead atoms. The minimum atomic E-state index is -0.449. The van der Waals surface area contributed by atoms with Gasteiger partial charge in [-0.3, -0.25) is 10.1 Å². The number of ether oxygens (including phenoxy) is 1. The number of hydrogen-bond donors (Lipinski definition) is 2. The summed E-state index contributed by atoms with van der Waals surface area (Å²) in [6.45, 7) is -0.262. The molecule has 24 heavy (non-hydrogen) atoms. The number of halogens is 2. The molecule has 0 heterocycles. The van der Waals surface area contributed by atoms with Crippen LogP contribution in [0.2, 0.25) is 10.0 Å². The van der Waals surface area contributed by atoms with Gasteiger partial charge in [-0.2, -0.15) is 5.26 Å². The van der Waals surface area contributed by atoms with Crippen LogP contribution in [-0.2, 0) is 4.79 Å². The van der Waals surface area contributed by atoms with Crippen LogP contribution in [0.3, 0.4) is 0 Å². The summed E-state index contributed by atoms with van der Waals surface area (Å²) in [4.78, 5) is 11.8. The maximum atomic E-state index is 11.8. The molecular weight excluding hydrogens is 369 g/mol. The van der Waals surface area contributed by atoms with E-state index in [2.05, 4.69) is 10.6 Å². The predicted octanol–water partition coefficient (Wildman–Crippen LogP) is 3.76. The first kappa shape index (κ1) is 18.0. The van der Waals surface area contributed by atoms with Gasteiger partial charge in [0.2, 0.25) is 0 Å². The fraction of sp³-hybridized carbons (Fsp3) is 0.0625. The van der Waals surface area contributed by atoms with Crippen molar-refractivity contribution in [3.05, 3.63) is 58.1 Å². The van der Waals surface area contributed by atoms with Gasteiger partial charge in [0, 0.05) is 10.7 Å². The number of anilines is 1. The maximum Gasteiger partial charge on any atom is 0.264 e. The third kappa shape index (κ3) is 5.39. The van der Waals surface area contributed by atoms with Crippen LogP contribution in [0.15, 0.2) is 42.5 Å². The molecule has 5 nitrogen and oxygen atoms in total. The normalized spacial score (nSPS) is 9.71. The van der Waals surface area contributed by atoms with Gasteiger partial charge < -0.3 is 10.1 Å². The molecule has 0 aliphatic rings. The minimum Gasteiger partial charge on any atom is -0.482 e. The van der Waals surface area contributed by atoms with Crippen LogP contribution in [-0.4, -0.2) is 17.6 Å². The van der Waals surface area contributed by atoms with Gasteiger partial charge in [-0.25, -0.2) is 0 Å². The Balaban J connectivity index is 1.85. The minimum absolute atomic E-state index is 0.0980. The third-order valence-electron chi connectivity index (χ3n) is 2.76. The van der Waals surface area contributed by atoms with E-state index >= 15 is 0 Å². The monoisotopic (exact) mass is 379 g/mol. The first-order valence-corrected chi connectivity index (χ1v) is 7.83. The van der Waals surface area contributed by atoms with E-state index < -0.39 is 5.91 Å². The molecule has 0 unspecified atom stereocenters. The van der Waals surface area contributed by atoms with Crippen molar-refractivity contribution in [1.29, 1.82) is 5.26 Å². The van der Waals surface area contributed by atoms with Crippen LogP contribution >= 0.6 is 35.4 Å². The number of rotatable bonds is 4. The Bertz CT molecular complexity index is 821. The summed E-state index contributed by atoms with van der Waals surface area (Å²) in [6, 6.07) is 13.4. The van der Waals surface area contributed by atoms with E-state index in [0.29, 0.717) is 27.0 Å². The Hall–Kier alpha value is -2.33. The Morgan fingerprint density at radius 1 is 1.25 bits per heavy atom. The molecule has 2 rings (SSSR count). The van der Waals surface area contributed by atoms with E-state index in [9.17, 15) is 4.79 Å². The van der Waals surface area contributed by atoms with Gasteiger partial charge in [0.1, 0.15) is 5.75 Å². The Labute approximate surface area is 154 Å². The van der Waals surface area contributed by atoms with Gasteiger partial charge in [-0.15, -0.1) is 0 Å². The molecule has 0 aliphatic carbocycles. The fourth-order valence-electron chi connectivity index (χ4n) is 1.73. The van der Waals surface area contributed by atoms with E-state index in [1.807, 2.05) is 6.07 Å². The number of carbonyl (C=O) groups excluding carboxylic acids is 1. The second-order valence-corrected chi connectivity index (χ2v) is 5.81. The highest BCUT2D eigenvalue weighted by molar-refractivity contribution is 7.80. The van der Waals surface area contributed by atoms with Crippen molar-refractivity contribution in [3.63, 3.8) is 0 Å². The zero-order valence-corrected chi connectivity index (χ0v) is 14.5. The number of carbonyl (C=O) groups is 1. The SMILES string of the molecule is N#Cc1cccc(NC(=S)NC(=O)COc2ccc(Cl)cc2Cl)c1. The summed E-state index contributed by atoms with van der Waals surface area (Å²) in [6.07, 6.45) is 0. The molecule has 122 valence electrons. The predicted molar refractivity (Wildman–Crippen MR) is 97.5 cm³/mol. The highest BCUT2D eigenvalue weighted by Crippen LogP contribution is 2.27. The lowest BCUT2D eigenvalue weighted by Crippen LogP contribution is -2.37. The van der Waals surface area contributed by atoms with Crippen LogP contribution in [0, 0.1) is 11.3 Å². The molecule has 0 fully saturated rings. The quantitative estimate of drug-likeness (QED) is 0.791. The topological polar surface area (TPSA) is 74.2 Å². The average molecular weight is 380 g/mol. The molecule has 0 spiro atoms. The summed E-state index contributed by atoms with van der Waals surface area (Å²) >= 11 is 16.8. The van der Waals surface area contributed by atoms with Gasteiger partial charge in [0.05, 0.1) is 16.7 Å². The van der Waals surface area contributed by atoms with Crippen LogP contribution in [0.25, 0.3) is 0 Å². The fourth-order valence-corrected chi connectivity index (χ4v) is 2.42. The van der Waals surface area contributed by atoms with Gasteiger partial charge in [0.25, 0.3) is 5.91 Å². The number of hydrogen-bond acceptors (Lipinski definition) is 4. The molecule has 0 aromatic heterocycles. The molecule has 2 aromatic carbocycles. The van der Waals surface area contributed by atoms with E-state index in [-0.39, 0.29) is 11.7 Å². The van der Waals surface area contributed by atoms with Crippen LogP contribution in [0.4, 0.5) is 5.69 Å². The lowest BCUT2D eigenvalue weighted by atomic mass is 10.2. The van der Waals surface area contributed by atoms with Gasteiger partial charge >= 0.3 is 0 Å². The molecule has 2 N–H and O–H groups in total. The molecule has 0 radical (unpaired) electrons. The lowest BCUT2D eigenvalue weighted by Gasteiger charge is -2.11. The standard InChI is InChI=1S/C16H11Cl2N3O2S/c17-11-4-5-14(13(18)7-11)23-9-15(22)21-16(24)20-12-3-1-2-10(6-12)8-19/h1-7H,9H2,(H2,20,21,22,24). The number of nitrogens with zero attached hydrogens (tertiary/aromatic N) is 1. The second kappa shape index (κ2) is 8.50. The third-order valence-corrected chi connectivity index (χ3v) is 3.49. The molecule has 0 saturated heterocycles. The number of amides is 1. The lowest BCUT2D eigenvalue weighted by molar-refractivity contribution is -0.121. The van der Waals surface area contributed by atoms with Crippen LogP contribution in [0.1, 0.15) is 5.56 Å². The molecule has 1 amide bonds. The maximum absolute atomic E-state index is 11.8. The number of thiocarbonyl (C=S) groups is 1. The van der Waals surface area contributed by atoms with Gasteiger partial charge in [-0.05, 0) is 48.6 Å². The summed E-state index contributed by atoms with van der Waals surface area (Å²) in [5.74, 6) is -0.105. The number of nitriles is 1. The van der Waals surface area contributed by atoms with E-state index in [4.69, 9.17) is 45.4 Å². The van der Waals surface area contributed by atoms with Crippen molar-refractivity contribution in [3.8, 4) is 11.8 Å². The Morgan fingerprint density at radius 3 is 2.75 bits per heavy atom. The first-order valence-electron chi connectivity index (χ1n) is 6.67. The summed E-state index contributed by atoms with van der Waals surface area (Å²) < 4.78 is 5.31. The van der Waals surface area contributed by atoms with E-state index in [1.165, 1.54) is 6.07 Å². The summed E-state index contributed by atoms with van der Waals surface area (Å²) in [5.41, 5.74) is 1.08. The van der Waals surface area contributed by atoms with Crippen molar-refractivity contribution < 1.29 is 9.53 Å². The highest BCUT2D eigenvalue weighted by Gasteiger charge is 2.08. The number of benzene rings is 2. The highest BCUT2D eigenvalue weighted by atomic mass is 35.5. The summed E-state index contributed by atoms with van der Waals surface area (Å²) in [7, 11) is 0. The molecule has 0 aliphatic heterocycles. The molecular formula is C16H11Cl2N3O2S.